The maximum absolute atomic E-state index is 10.7. The van der Waals surface area contributed by atoms with Gasteiger partial charge in [-0.15, -0.1) is 0 Å². The van der Waals surface area contributed by atoms with Crippen LogP contribution in [0.3, 0.4) is 0 Å². The normalized spacial score (nSPS) is 14.6. The van der Waals surface area contributed by atoms with Crippen LogP contribution in [0.5, 0.6) is 0 Å². The van der Waals surface area contributed by atoms with Gasteiger partial charge >= 0.3 is 33.0 Å². The molecule has 118 valence electrons. The van der Waals surface area contributed by atoms with Crippen LogP contribution in [0.25, 0.3) is 0 Å². The van der Waals surface area contributed by atoms with Crippen molar-refractivity contribution < 1.29 is 34.5 Å². The van der Waals surface area contributed by atoms with Crippen molar-refractivity contribution in [2.45, 2.75) is 32.7 Å². The first-order valence-electron chi connectivity index (χ1n) is 5.74. The van der Waals surface area contributed by atoms with Crippen LogP contribution in [-0.4, -0.2) is 5.78 Å². The van der Waals surface area contributed by atoms with E-state index in [2.05, 4.69) is 4.57 Å². The summed E-state index contributed by atoms with van der Waals surface area (Å²) < 4.78 is 61.3. The fraction of sp³-hybridized carbons (Fsp3) is 0.455. The summed E-state index contributed by atoms with van der Waals surface area (Å²) in [5.41, 5.74) is 0. The number of hydrogen-bond donors (Lipinski definition) is 0. The Kier molecular flexibility index (Phi) is 5.72. The molecular weight excluding hydrogens is 307 g/mol. The fourth-order valence-corrected chi connectivity index (χ4v) is 1.25. The Balaban J connectivity index is 0.000000441. The molecule has 0 atom stereocenters. The summed E-state index contributed by atoms with van der Waals surface area (Å²) in [6.07, 6.45) is 6.89. The number of unbranched alkanes of at least 4 members (excludes halogenated alkanes) is 1. The van der Waals surface area contributed by atoms with E-state index in [1.165, 1.54) is 0 Å². The average molecular weight is 323 g/mol. The molecule has 0 unspecified atom stereocenters. The Morgan fingerprint density at radius 1 is 0.950 bits per heavy atom. The van der Waals surface area contributed by atoms with Gasteiger partial charge in [-0.3, -0.25) is 0 Å². The standard InChI is InChI=1S/C11H16NO.F6P/c1-11(13)7-3-6-10-12-8-4-2-5-9-12;1-7(2,3,4,5)6/h2,4-5,8-9H,3,6-7,10H2,1H3;/q+1;-1. The molecule has 2 nitrogen and oxygen atoms in total. The van der Waals surface area contributed by atoms with Crippen LogP contribution in [0.2, 0.25) is 0 Å². The maximum atomic E-state index is 10.6. The van der Waals surface area contributed by atoms with Gasteiger partial charge in [-0.1, -0.05) is 6.07 Å². The number of Topliss-reactive ketones (excluding diaryl/α,β-unsaturated/α-hetero) is 1. The van der Waals surface area contributed by atoms with E-state index in [9.17, 15) is 30.0 Å². The number of carbonyl (C=O) groups excluding carboxylic acids is 1. The summed E-state index contributed by atoms with van der Waals surface area (Å²) in [4.78, 5) is 10.6. The summed E-state index contributed by atoms with van der Waals surface area (Å²) in [6.45, 7) is 2.66. The molecule has 0 amide bonds. The second kappa shape index (κ2) is 6.08. The molecule has 1 rings (SSSR count). The van der Waals surface area contributed by atoms with E-state index in [4.69, 9.17) is 0 Å². The van der Waals surface area contributed by atoms with Crippen molar-refractivity contribution in [2.75, 3.05) is 0 Å². The van der Waals surface area contributed by atoms with Gasteiger partial charge in [0.25, 0.3) is 0 Å². The molecule has 0 aliphatic heterocycles. The van der Waals surface area contributed by atoms with E-state index in [-0.39, 0.29) is 5.78 Å². The Morgan fingerprint density at radius 2 is 1.40 bits per heavy atom. The van der Waals surface area contributed by atoms with Crippen LogP contribution in [0, 0.1) is 0 Å². The second-order valence-corrected chi connectivity index (χ2v) is 6.15. The number of halogens is 6. The van der Waals surface area contributed by atoms with Gasteiger partial charge in [0.15, 0.2) is 12.4 Å². The van der Waals surface area contributed by atoms with Crippen LogP contribution >= 0.6 is 7.81 Å². The van der Waals surface area contributed by atoms with Crippen molar-refractivity contribution in [3.8, 4) is 0 Å². The Morgan fingerprint density at radius 3 is 1.80 bits per heavy atom. The predicted octanol–water partition coefficient (Wildman–Crippen LogP) is 5.12. The van der Waals surface area contributed by atoms with Gasteiger partial charge in [0, 0.05) is 25.0 Å². The van der Waals surface area contributed by atoms with Crippen LogP contribution in [0.4, 0.5) is 25.2 Å². The molecular formula is C11H16F6NOP. The summed E-state index contributed by atoms with van der Waals surface area (Å²) in [5, 5.41) is 0. The van der Waals surface area contributed by atoms with Gasteiger partial charge in [-0.2, -0.15) is 0 Å². The van der Waals surface area contributed by atoms with Gasteiger partial charge in [-0.05, 0) is 13.3 Å². The van der Waals surface area contributed by atoms with E-state index in [0.717, 1.165) is 19.4 Å². The molecule has 0 aliphatic carbocycles. The van der Waals surface area contributed by atoms with Crippen molar-refractivity contribution in [1.29, 1.82) is 0 Å². The average Bonchev–Trinajstić information content (AvgIpc) is 2.21. The molecule has 0 N–H and O–H groups in total. The molecule has 0 fully saturated rings. The van der Waals surface area contributed by atoms with Gasteiger partial charge < -0.3 is 4.79 Å². The van der Waals surface area contributed by atoms with Crippen molar-refractivity contribution >= 4 is 13.6 Å². The molecule has 0 radical (unpaired) electrons. The number of ketones is 1. The number of aryl methyl sites for hydroxylation is 1. The third kappa shape index (κ3) is 22.0. The number of aromatic nitrogens is 1. The zero-order chi connectivity index (χ0) is 15.9. The minimum atomic E-state index is -10.7. The summed E-state index contributed by atoms with van der Waals surface area (Å²) >= 11 is 0. The van der Waals surface area contributed by atoms with E-state index in [0.29, 0.717) is 6.42 Å². The molecule has 1 heterocycles. The van der Waals surface area contributed by atoms with Crippen LogP contribution < -0.4 is 4.57 Å². The molecule has 20 heavy (non-hydrogen) atoms. The summed E-state index contributed by atoms with van der Waals surface area (Å²) in [6, 6.07) is 6.04. The van der Waals surface area contributed by atoms with Gasteiger partial charge in [-0.25, -0.2) is 4.57 Å². The predicted molar refractivity (Wildman–Crippen MR) is 64.7 cm³/mol. The van der Waals surface area contributed by atoms with Crippen molar-refractivity contribution in [1.82, 2.24) is 0 Å². The molecule has 0 bridgehead atoms. The summed E-state index contributed by atoms with van der Waals surface area (Å²) in [7, 11) is -10.7. The van der Waals surface area contributed by atoms with E-state index >= 15 is 0 Å². The van der Waals surface area contributed by atoms with Gasteiger partial charge in [0.2, 0.25) is 0 Å². The zero-order valence-electron chi connectivity index (χ0n) is 10.8. The minimum absolute atomic E-state index is 0.290. The van der Waals surface area contributed by atoms with Gasteiger partial charge in [0.05, 0.1) is 0 Å². The molecule has 0 saturated heterocycles. The van der Waals surface area contributed by atoms with Gasteiger partial charge in [0.1, 0.15) is 12.3 Å². The first-order chi connectivity index (χ1) is 8.74. The monoisotopic (exact) mass is 323 g/mol. The molecule has 0 spiro atoms. The van der Waals surface area contributed by atoms with Crippen molar-refractivity contribution in [3.05, 3.63) is 30.6 Å². The molecule has 0 aromatic carbocycles. The quantitative estimate of drug-likeness (QED) is 0.319. The SMILES string of the molecule is CC(=O)CCCC[n+]1ccccc1.F[P-](F)(F)(F)(F)F. The number of nitrogens with zero attached hydrogens (tertiary/aromatic N) is 1. The first kappa shape index (κ1) is 18.8. The number of rotatable bonds is 5. The molecule has 1 aromatic rings. The van der Waals surface area contributed by atoms with Crippen LogP contribution in [0.15, 0.2) is 30.6 Å². The first-order valence-corrected chi connectivity index (χ1v) is 7.77. The van der Waals surface area contributed by atoms with E-state index in [1.807, 2.05) is 30.6 Å². The summed E-state index contributed by atoms with van der Waals surface area (Å²) in [5.74, 6) is 0.290. The molecule has 1 aromatic heterocycles. The molecule has 0 saturated carbocycles. The second-order valence-electron chi connectivity index (χ2n) is 4.23. The topological polar surface area (TPSA) is 20.9 Å². The third-order valence-corrected chi connectivity index (χ3v) is 1.97. The van der Waals surface area contributed by atoms with Crippen molar-refractivity contribution in [2.24, 2.45) is 0 Å². The van der Waals surface area contributed by atoms with Crippen LogP contribution in [0.1, 0.15) is 26.2 Å². The molecule has 9 heteroatoms. The number of hydrogen-bond acceptors (Lipinski definition) is 1. The number of pyridine rings is 1. The van der Waals surface area contributed by atoms with E-state index in [1.54, 1.807) is 6.92 Å². The van der Waals surface area contributed by atoms with Crippen LogP contribution in [-0.2, 0) is 11.3 Å². The Hall–Kier alpha value is -1.17. The zero-order valence-corrected chi connectivity index (χ0v) is 11.7. The number of carbonyl (C=O) groups is 1. The van der Waals surface area contributed by atoms with E-state index < -0.39 is 7.81 Å². The third-order valence-electron chi connectivity index (χ3n) is 1.97. The Bertz CT molecular complexity index is 419. The fourth-order valence-electron chi connectivity index (χ4n) is 1.25. The Labute approximate surface area is 112 Å². The molecule has 0 aliphatic rings. The van der Waals surface area contributed by atoms with Crippen molar-refractivity contribution in [3.63, 3.8) is 0 Å².